The van der Waals surface area contributed by atoms with Gasteiger partial charge in [0, 0.05) is 19.2 Å². The fourth-order valence-corrected chi connectivity index (χ4v) is 2.07. The van der Waals surface area contributed by atoms with Crippen LogP contribution >= 0.6 is 0 Å². The standard InChI is InChI=1S/C14H18N2O3/c1-3-16(2)14(17)9-19-11-5-6-12-10(8-11)4-7-13(12)15-18/h5-6,8,18H,3-4,7,9H2,1-2H3/b15-13+. The number of rotatable bonds is 4. The fraction of sp³-hybridized carbons (Fsp3) is 0.429. The molecule has 1 amide bonds. The molecule has 0 aromatic heterocycles. The molecule has 0 aliphatic heterocycles. The van der Waals surface area contributed by atoms with Crippen molar-refractivity contribution in [1.29, 1.82) is 0 Å². The van der Waals surface area contributed by atoms with E-state index >= 15 is 0 Å². The number of carbonyl (C=O) groups excluding carboxylic acids is 1. The Kier molecular flexibility index (Phi) is 4.04. The average Bonchev–Trinajstić information content (AvgIpc) is 2.85. The maximum absolute atomic E-state index is 11.6. The monoisotopic (exact) mass is 262 g/mol. The van der Waals surface area contributed by atoms with E-state index in [0.29, 0.717) is 18.0 Å². The zero-order chi connectivity index (χ0) is 13.8. The van der Waals surface area contributed by atoms with Gasteiger partial charge in [-0.2, -0.15) is 0 Å². The number of aryl methyl sites for hydroxylation is 1. The quantitative estimate of drug-likeness (QED) is 0.663. The van der Waals surface area contributed by atoms with Gasteiger partial charge in [0.1, 0.15) is 5.75 Å². The van der Waals surface area contributed by atoms with E-state index < -0.39 is 0 Å². The third-order valence-corrected chi connectivity index (χ3v) is 3.40. The zero-order valence-corrected chi connectivity index (χ0v) is 11.2. The Morgan fingerprint density at radius 1 is 1.47 bits per heavy atom. The first-order valence-corrected chi connectivity index (χ1v) is 6.36. The Hall–Kier alpha value is -2.04. The molecule has 19 heavy (non-hydrogen) atoms. The number of amides is 1. The first-order valence-electron chi connectivity index (χ1n) is 6.36. The number of benzene rings is 1. The summed E-state index contributed by atoms with van der Waals surface area (Å²) in [5, 5.41) is 12.1. The molecule has 1 aliphatic carbocycles. The number of likely N-dealkylation sites (N-methyl/N-ethyl adjacent to an activating group) is 1. The first-order chi connectivity index (χ1) is 9.15. The third kappa shape index (κ3) is 2.86. The van der Waals surface area contributed by atoms with Crippen molar-refractivity contribution in [3.05, 3.63) is 29.3 Å². The van der Waals surface area contributed by atoms with Crippen molar-refractivity contribution in [3.63, 3.8) is 0 Å². The molecule has 1 aromatic rings. The lowest BCUT2D eigenvalue weighted by atomic mass is 10.1. The molecule has 0 heterocycles. The van der Waals surface area contributed by atoms with Crippen molar-refractivity contribution in [2.45, 2.75) is 19.8 Å². The molecule has 0 saturated carbocycles. The summed E-state index contributed by atoms with van der Waals surface area (Å²) >= 11 is 0. The van der Waals surface area contributed by atoms with E-state index in [1.807, 2.05) is 19.1 Å². The highest BCUT2D eigenvalue weighted by Gasteiger charge is 2.19. The molecule has 0 radical (unpaired) electrons. The summed E-state index contributed by atoms with van der Waals surface area (Å²) < 4.78 is 5.49. The highest BCUT2D eigenvalue weighted by atomic mass is 16.5. The Balaban J connectivity index is 2.02. The normalized spacial score (nSPS) is 15.4. The summed E-state index contributed by atoms with van der Waals surface area (Å²) in [5.74, 6) is 0.636. The van der Waals surface area contributed by atoms with E-state index in [0.717, 1.165) is 24.0 Å². The highest BCUT2D eigenvalue weighted by molar-refractivity contribution is 6.04. The number of hydrogen-bond acceptors (Lipinski definition) is 4. The van der Waals surface area contributed by atoms with Gasteiger partial charge in [-0.15, -0.1) is 0 Å². The molecular formula is C14H18N2O3. The smallest absolute Gasteiger partial charge is 0.260 e. The predicted molar refractivity (Wildman–Crippen MR) is 71.9 cm³/mol. The van der Waals surface area contributed by atoms with Crippen LogP contribution in [0.2, 0.25) is 0 Å². The Morgan fingerprint density at radius 2 is 2.26 bits per heavy atom. The van der Waals surface area contributed by atoms with Gasteiger partial charge >= 0.3 is 0 Å². The molecule has 2 rings (SSSR count). The number of carbonyl (C=O) groups is 1. The van der Waals surface area contributed by atoms with Crippen molar-refractivity contribution in [3.8, 4) is 5.75 Å². The second kappa shape index (κ2) is 5.73. The molecular weight excluding hydrogens is 244 g/mol. The van der Waals surface area contributed by atoms with Gasteiger partial charge in [-0.05, 0) is 43.5 Å². The Bertz CT molecular complexity index is 511. The van der Waals surface area contributed by atoms with Crippen molar-refractivity contribution < 1.29 is 14.7 Å². The number of fused-ring (bicyclic) bond motifs is 1. The minimum Gasteiger partial charge on any atom is -0.484 e. The minimum atomic E-state index is -0.0411. The van der Waals surface area contributed by atoms with Crippen LogP contribution in [-0.2, 0) is 11.2 Å². The molecule has 0 saturated heterocycles. The van der Waals surface area contributed by atoms with Crippen LogP contribution < -0.4 is 4.74 Å². The molecule has 1 aliphatic rings. The van der Waals surface area contributed by atoms with Gasteiger partial charge in [-0.1, -0.05) is 5.16 Å². The maximum atomic E-state index is 11.6. The van der Waals surface area contributed by atoms with Crippen molar-refractivity contribution in [1.82, 2.24) is 4.90 Å². The van der Waals surface area contributed by atoms with Crippen LogP contribution in [0.4, 0.5) is 0 Å². The Morgan fingerprint density at radius 3 is 2.95 bits per heavy atom. The molecule has 102 valence electrons. The molecule has 1 N–H and O–H groups in total. The predicted octanol–water partition coefficient (Wildman–Crippen LogP) is 1.67. The van der Waals surface area contributed by atoms with E-state index in [1.165, 1.54) is 0 Å². The molecule has 5 heteroatoms. The van der Waals surface area contributed by atoms with Gasteiger partial charge in [-0.25, -0.2) is 0 Å². The van der Waals surface area contributed by atoms with Gasteiger partial charge in [0.25, 0.3) is 5.91 Å². The van der Waals surface area contributed by atoms with Crippen LogP contribution in [0.15, 0.2) is 23.4 Å². The van der Waals surface area contributed by atoms with E-state index in [-0.39, 0.29) is 12.5 Å². The summed E-state index contributed by atoms with van der Waals surface area (Å²) in [6.45, 7) is 2.63. The Labute approximate surface area is 112 Å². The second-order valence-electron chi connectivity index (χ2n) is 4.56. The van der Waals surface area contributed by atoms with Crippen molar-refractivity contribution >= 4 is 11.6 Å². The second-order valence-corrected chi connectivity index (χ2v) is 4.56. The third-order valence-electron chi connectivity index (χ3n) is 3.40. The number of oxime groups is 1. The van der Waals surface area contributed by atoms with Crippen LogP contribution in [0.3, 0.4) is 0 Å². The van der Waals surface area contributed by atoms with Crippen LogP contribution in [0.1, 0.15) is 24.5 Å². The summed E-state index contributed by atoms with van der Waals surface area (Å²) in [5.41, 5.74) is 2.77. The van der Waals surface area contributed by atoms with E-state index in [9.17, 15) is 4.79 Å². The largest absolute Gasteiger partial charge is 0.484 e. The molecule has 0 bridgehead atoms. The van der Waals surface area contributed by atoms with Crippen molar-refractivity contribution in [2.75, 3.05) is 20.2 Å². The van der Waals surface area contributed by atoms with Gasteiger partial charge in [0.2, 0.25) is 0 Å². The molecule has 1 aromatic carbocycles. The number of ether oxygens (including phenoxy) is 1. The van der Waals surface area contributed by atoms with E-state index in [2.05, 4.69) is 5.16 Å². The highest BCUT2D eigenvalue weighted by Crippen LogP contribution is 2.26. The molecule has 5 nitrogen and oxygen atoms in total. The summed E-state index contributed by atoms with van der Waals surface area (Å²) in [6.07, 6.45) is 1.58. The van der Waals surface area contributed by atoms with E-state index in [4.69, 9.17) is 9.94 Å². The first kappa shape index (κ1) is 13.4. The van der Waals surface area contributed by atoms with Crippen LogP contribution in [0.5, 0.6) is 5.75 Å². The SMILES string of the molecule is CCN(C)C(=O)COc1ccc2c(c1)CC/C2=N\O. The average molecular weight is 262 g/mol. The maximum Gasteiger partial charge on any atom is 0.260 e. The van der Waals surface area contributed by atoms with Gasteiger partial charge in [0.05, 0.1) is 5.71 Å². The lowest BCUT2D eigenvalue weighted by Crippen LogP contribution is -2.31. The number of nitrogens with zero attached hydrogens (tertiary/aromatic N) is 2. The van der Waals surface area contributed by atoms with Crippen molar-refractivity contribution in [2.24, 2.45) is 5.16 Å². The fourth-order valence-electron chi connectivity index (χ4n) is 2.07. The summed E-state index contributed by atoms with van der Waals surface area (Å²) in [4.78, 5) is 13.2. The summed E-state index contributed by atoms with van der Waals surface area (Å²) in [6, 6.07) is 5.59. The minimum absolute atomic E-state index is 0.0411. The van der Waals surface area contributed by atoms with Gasteiger partial charge in [-0.3, -0.25) is 4.79 Å². The van der Waals surface area contributed by atoms with E-state index in [1.54, 1.807) is 18.0 Å². The molecule has 0 spiro atoms. The molecule has 0 unspecified atom stereocenters. The lowest BCUT2D eigenvalue weighted by molar-refractivity contribution is -0.131. The van der Waals surface area contributed by atoms with Gasteiger partial charge in [0.15, 0.2) is 6.61 Å². The topological polar surface area (TPSA) is 62.1 Å². The lowest BCUT2D eigenvalue weighted by Gasteiger charge is -2.15. The molecule has 0 atom stereocenters. The zero-order valence-electron chi connectivity index (χ0n) is 11.2. The van der Waals surface area contributed by atoms with Crippen LogP contribution in [0.25, 0.3) is 0 Å². The molecule has 0 fully saturated rings. The van der Waals surface area contributed by atoms with Crippen LogP contribution in [0, 0.1) is 0 Å². The summed E-state index contributed by atoms with van der Waals surface area (Å²) in [7, 11) is 1.75. The van der Waals surface area contributed by atoms with Gasteiger partial charge < -0.3 is 14.8 Å². The van der Waals surface area contributed by atoms with Crippen LogP contribution in [-0.4, -0.2) is 41.9 Å². The number of hydrogen-bond donors (Lipinski definition) is 1.